The molecule has 0 saturated carbocycles. The quantitative estimate of drug-likeness (QED) is 0.483. The average Bonchev–Trinajstić information content (AvgIpc) is 2.19. The summed E-state index contributed by atoms with van der Waals surface area (Å²) in [6, 6.07) is -0.756. The summed E-state index contributed by atoms with van der Waals surface area (Å²) in [6.07, 6.45) is 0. The van der Waals surface area contributed by atoms with Gasteiger partial charge in [0, 0.05) is 12.7 Å². The van der Waals surface area contributed by atoms with Gasteiger partial charge in [-0.2, -0.15) is 12.6 Å². The van der Waals surface area contributed by atoms with Gasteiger partial charge in [0.2, 0.25) is 11.8 Å². The Labute approximate surface area is 112 Å². The first-order chi connectivity index (χ1) is 8.15. The van der Waals surface area contributed by atoms with Gasteiger partial charge in [0.05, 0.1) is 0 Å². The number of ether oxygens (including phenoxy) is 1. The fraction of sp³-hybridized carbons (Fsp3) is 0.727. The summed E-state index contributed by atoms with van der Waals surface area (Å²) in [4.78, 5) is 33.8. The first-order valence-corrected chi connectivity index (χ1v) is 6.16. The zero-order valence-electron chi connectivity index (χ0n) is 11.1. The van der Waals surface area contributed by atoms with Gasteiger partial charge in [0.1, 0.15) is 18.2 Å². The van der Waals surface area contributed by atoms with E-state index in [0.29, 0.717) is 0 Å². The van der Waals surface area contributed by atoms with Gasteiger partial charge in [0.15, 0.2) is 0 Å². The zero-order chi connectivity index (χ0) is 14.3. The highest BCUT2D eigenvalue weighted by Gasteiger charge is 2.20. The molecule has 2 N–H and O–H groups in total. The lowest BCUT2D eigenvalue weighted by molar-refractivity contribution is -0.154. The van der Waals surface area contributed by atoms with Crippen molar-refractivity contribution in [1.82, 2.24) is 10.6 Å². The third kappa shape index (κ3) is 7.94. The molecular weight excluding hydrogens is 256 g/mol. The van der Waals surface area contributed by atoms with Crippen LogP contribution in [0, 0.1) is 0 Å². The second-order valence-electron chi connectivity index (χ2n) is 4.74. The molecule has 2 amide bonds. The number of amides is 2. The highest BCUT2D eigenvalue weighted by atomic mass is 32.1. The average molecular weight is 276 g/mol. The van der Waals surface area contributed by atoms with Crippen LogP contribution in [0.1, 0.15) is 27.7 Å². The van der Waals surface area contributed by atoms with Crippen LogP contribution in [0.2, 0.25) is 0 Å². The summed E-state index contributed by atoms with van der Waals surface area (Å²) in [5.74, 6) is -1.18. The molecule has 104 valence electrons. The number of hydrogen-bond donors (Lipinski definition) is 3. The largest absolute Gasteiger partial charge is 0.459 e. The van der Waals surface area contributed by atoms with E-state index in [1.165, 1.54) is 6.92 Å². The molecule has 0 spiro atoms. The number of thiol groups is 1. The van der Waals surface area contributed by atoms with Gasteiger partial charge in [-0.05, 0) is 20.8 Å². The van der Waals surface area contributed by atoms with Gasteiger partial charge in [-0.25, -0.2) is 0 Å². The highest BCUT2D eigenvalue weighted by Crippen LogP contribution is 2.06. The van der Waals surface area contributed by atoms with Crippen molar-refractivity contribution in [2.75, 3.05) is 12.3 Å². The van der Waals surface area contributed by atoms with Crippen LogP contribution in [0.4, 0.5) is 0 Å². The monoisotopic (exact) mass is 276 g/mol. The molecule has 1 atom stereocenters. The van der Waals surface area contributed by atoms with Crippen LogP contribution in [0.3, 0.4) is 0 Å². The summed E-state index contributed by atoms with van der Waals surface area (Å²) in [5, 5.41) is 4.81. The van der Waals surface area contributed by atoms with Gasteiger partial charge >= 0.3 is 5.97 Å². The molecule has 0 aliphatic carbocycles. The lowest BCUT2D eigenvalue weighted by Crippen LogP contribution is -2.48. The highest BCUT2D eigenvalue weighted by molar-refractivity contribution is 7.80. The molecule has 0 aliphatic rings. The lowest BCUT2D eigenvalue weighted by Gasteiger charge is -2.20. The van der Waals surface area contributed by atoms with E-state index in [2.05, 4.69) is 23.3 Å². The van der Waals surface area contributed by atoms with Crippen LogP contribution in [0.5, 0.6) is 0 Å². The minimum atomic E-state index is -0.756. The molecule has 0 aromatic heterocycles. The lowest BCUT2D eigenvalue weighted by atomic mass is 10.2. The van der Waals surface area contributed by atoms with E-state index in [1.54, 1.807) is 20.8 Å². The first-order valence-electron chi connectivity index (χ1n) is 5.53. The molecule has 18 heavy (non-hydrogen) atoms. The van der Waals surface area contributed by atoms with Crippen molar-refractivity contribution in [3.8, 4) is 0 Å². The predicted molar refractivity (Wildman–Crippen MR) is 70.3 cm³/mol. The van der Waals surface area contributed by atoms with Crippen LogP contribution >= 0.6 is 12.6 Å². The molecule has 0 radical (unpaired) electrons. The number of nitrogens with one attached hydrogen (secondary N) is 2. The van der Waals surface area contributed by atoms with Crippen molar-refractivity contribution < 1.29 is 19.1 Å². The van der Waals surface area contributed by atoms with E-state index in [0.717, 1.165) is 0 Å². The van der Waals surface area contributed by atoms with Crippen LogP contribution in [0.15, 0.2) is 0 Å². The Morgan fingerprint density at radius 3 is 2.22 bits per heavy atom. The second kappa shape index (κ2) is 7.25. The van der Waals surface area contributed by atoms with E-state index < -0.39 is 23.5 Å². The van der Waals surface area contributed by atoms with Crippen molar-refractivity contribution in [1.29, 1.82) is 0 Å². The molecule has 7 heteroatoms. The van der Waals surface area contributed by atoms with Gasteiger partial charge in [-0.1, -0.05) is 0 Å². The Morgan fingerprint density at radius 2 is 1.83 bits per heavy atom. The van der Waals surface area contributed by atoms with Crippen LogP contribution < -0.4 is 10.6 Å². The van der Waals surface area contributed by atoms with E-state index in [1.807, 2.05) is 0 Å². The van der Waals surface area contributed by atoms with Gasteiger partial charge < -0.3 is 15.4 Å². The minimum absolute atomic E-state index is 0.153. The Hall–Kier alpha value is -1.24. The van der Waals surface area contributed by atoms with Crippen molar-refractivity contribution in [3.63, 3.8) is 0 Å². The number of rotatable bonds is 5. The second-order valence-corrected chi connectivity index (χ2v) is 5.11. The Morgan fingerprint density at radius 1 is 1.28 bits per heavy atom. The maximum absolute atomic E-state index is 11.6. The van der Waals surface area contributed by atoms with Crippen molar-refractivity contribution in [2.24, 2.45) is 0 Å². The maximum Gasteiger partial charge on any atom is 0.325 e. The van der Waals surface area contributed by atoms with E-state index in [9.17, 15) is 14.4 Å². The molecule has 0 rings (SSSR count). The van der Waals surface area contributed by atoms with Gasteiger partial charge in [0.25, 0.3) is 0 Å². The molecule has 0 aromatic carbocycles. The normalized spacial score (nSPS) is 12.5. The fourth-order valence-corrected chi connectivity index (χ4v) is 1.36. The molecule has 0 aromatic rings. The van der Waals surface area contributed by atoms with Gasteiger partial charge in [-0.15, -0.1) is 0 Å². The summed E-state index contributed by atoms with van der Waals surface area (Å²) in [5.41, 5.74) is -0.595. The smallest absolute Gasteiger partial charge is 0.325 e. The predicted octanol–water partition coefficient (Wildman–Crippen LogP) is -0.121. The third-order valence-corrected chi connectivity index (χ3v) is 2.07. The molecule has 0 fully saturated rings. The molecule has 0 heterocycles. The molecule has 0 aliphatic heterocycles. The molecule has 0 saturated heterocycles. The maximum atomic E-state index is 11.6. The van der Waals surface area contributed by atoms with Crippen molar-refractivity contribution in [2.45, 2.75) is 39.3 Å². The summed E-state index contributed by atoms with van der Waals surface area (Å²) >= 11 is 3.95. The topological polar surface area (TPSA) is 84.5 Å². The number of carbonyl (C=O) groups is 3. The van der Waals surface area contributed by atoms with Crippen molar-refractivity contribution >= 4 is 30.4 Å². The Kier molecular flexibility index (Phi) is 6.75. The van der Waals surface area contributed by atoms with Crippen LogP contribution in [-0.4, -0.2) is 41.7 Å². The molecular formula is C11H20N2O4S. The van der Waals surface area contributed by atoms with Gasteiger partial charge in [-0.3, -0.25) is 14.4 Å². The first kappa shape index (κ1) is 16.8. The number of hydrogen-bond acceptors (Lipinski definition) is 5. The Bertz CT molecular complexity index is 325. The summed E-state index contributed by atoms with van der Waals surface area (Å²) < 4.78 is 5.02. The molecule has 0 unspecified atom stereocenters. The minimum Gasteiger partial charge on any atom is -0.459 e. The fourth-order valence-electron chi connectivity index (χ4n) is 1.10. The molecule has 6 nitrogen and oxygen atoms in total. The standard InChI is InChI=1S/C11H20N2O4S/c1-7(14)13-8(6-18)10(16)12-5-9(15)17-11(2,3)4/h8,18H,5-6H2,1-4H3,(H,12,16)(H,13,14)/t8-/m0/s1. The van der Waals surface area contributed by atoms with Crippen LogP contribution in [-0.2, 0) is 19.1 Å². The third-order valence-electron chi connectivity index (χ3n) is 1.70. The van der Waals surface area contributed by atoms with Crippen molar-refractivity contribution in [3.05, 3.63) is 0 Å². The van der Waals surface area contributed by atoms with E-state index >= 15 is 0 Å². The SMILES string of the molecule is CC(=O)N[C@@H](CS)C(=O)NCC(=O)OC(C)(C)C. The van der Waals surface area contributed by atoms with E-state index in [4.69, 9.17) is 4.74 Å². The van der Waals surface area contributed by atoms with E-state index in [-0.39, 0.29) is 18.2 Å². The summed E-state index contributed by atoms with van der Waals surface area (Å²) in [6.45, 7) is 6.28. The Balaban J connectivity index is 4.16. The van der Waals surface area contributed by atoms with Crippen LogP contribution in [0.25, 0.3) is 0 Å². The summed E-state index contributed by atoms with van der Waals surface area (Å²) in [7, 11) is 0. The molecule has 0 bridgehead atoms. The number of carbonyl (C=O) groups excluding carboxylic acids is 3. The number of esters is 1. The zero-order valence-corrected chi connectivity index (χ0v) is 12.0.